The summed E-state index contributed by atoms with van der Waals surface area (Å²) in [4.78, 5) is 15.4. The predicted octanol–water partition coefficient (Wildman–Crippen LogP) is 7.35. The third-order valence-electron chi connectivity index (χ3n) is 4.91. The van der Waals surface area contributed by atoms with Gasteiger partial charge in [-0.05, 0) is 70.7 Å². The Morgan fingerprint density at radius 2 is 1.10 bits per heavy atom. The predicted molar refractivity (Wildman–Crippen MR) is 121 cm³/mol. The first-order chi connectivity index (χ1) is 14.1. The van der Waals surface area contributed by atoms with Crippen molar-refractivity contribution in [3.05, 3.63) is 90.0 Å². The molecule has 0 aliphatic rings. The molecule has 3 rings (SSSR count). The first-order valence-electron chi connectivity index (χ1n) is 10.4. The van der Waals surface area contributed by atoms with Crippen molar-refractivity contribution in [2.45, 2.75) is 61.1 Å². The van der Waals surface area contributed by atoms with E-state index in [2.05, 4.69) is 74.5 Å². The van der Waals surface area contributed by atoms with Crippen LogP contribution in [0.2, 0.25) is 0 Å². The normalized spacial score (nSPS) is 11.8. The Balaban J connectivity index is 2.21. The molecule has 152 valence electrons. The van der Waals surface area contributed by atoms with Crippen LogP contribution in [0, 0.1) is 0 Å². The van der Waals surface area contributed by atoms with Crippen molar-refractivity contribution in [1.82, 2.24) is 0 Å². The molecule has 0 N–H and O–H groups in total. The van der Waals surface area contributed by atoms with E-state index in [4.69, 9.17) is 4.18 Å². The van der Waals surface area contributed by atoms with Crippen LogP contribution in [0.5, 0.6) is 0 Å². The van der Waals surface area contributed by atoms with Gasteiger partial charge in [-0.3, -0.25) is 4.79 Å². The smallest absolute Gasteiger partial charge is 0.313 e. The number of hydrogen-bond acceptors (Lipinski definition) is 2. The lowest BCUT2D eigenvalue weighted by atomic mass is 10.1. The molecule has 0 saturated carbocycles. The zero-order chi connectivity index (χ0) is 20.7. The van der Waals surface area contributed by atoms with Crippen molar-refractivity contribution < 1.29 is 8.98 Å². The molecule has 0 aliphatic heterocycles. The Morgan fingerprint density at radius 3 is 1.48 bits per heavy atom. The van der Waals surface area contributed by atoms with E-state index < -0.39 is 10.3 Å². The number of carbonyl (C=O) groups is 1. The van der Waals surface area contributed by atoms with Crippen LogP contribution >= 0.6 is 10.3 Å². The van der Waals surface area contributed by atoms with Gasteiger partial charge in [-0.2, -0.15) is 0 Å². The minimum atomic E-state index is -2.14. The second kappa shape index (κ2) is 9.80. The van der Waals surface area contributed by atoms with Crippen molar-refractivity contribution in [3.63, 3.8) is 0 Å². The van der Waals surface area contributed by atoms with Crippen LogP contribution in [-0.2, 0) is 21.8 Å². The molecule has 0 aliphatic carbocycles. The molecular weight excluding hydrogens is 376 g/mol. The minimum absolute atomic E-state index is 0.265. The fourth-order valence-electron chi connectivity index (χ4n) is 3.61. The largest absolute Gasteiger partial charge is 0.402 e. The lowest BCUT2D eigenvalue weighted by molar-refractivity contribution is -0.131. The number of carbonyl (C=O) groups excluding carboxylic acids is 1. The molecule has 0 bridgehead atoms. The Kier molecular flexibility index (Phi) is 7.16. The van der Waals surface area contributed by atoms with Crippen molar-refractivity contribution in [2.75, 3.05) is 0 Å². The summed E-state index contributed by atoms with van der Waals surface area (Å²) in [6, 6.07) is 27.4. The standard InChI is InChI=1S/C26H30O2S/c1-4-9-22-13-17-25(18-14-22)29(28-21(3)27,24-11-7-6-8-12-24)26-19-15-23(10-5-2)16-20-26/h6-8,11-20H,4-5,9-10H2,1-3H3. The van der Waals surface area contributed by atoms with E-state index in [1.807, 2.05) is 18.2 Å². The van der Waals surface area contributed by atoms with Gasteiger partial charge in [0, 0.05) is 21.6 Å². The minimum Gasteiger partial charge on any atom is -0.402 e. The Morgan fingerprint density at radius 1 is 0.690 bits per heavy atom. The van der Waals surface area contributed by atoms with Gasteiger partial charge < -0.3 is 4.18 Å². The van der Waals surface area contributed by atoms with Gasteiger partial charge >= 0.3 is 5.97 Å². The summed E-state index contributed by atoms with van der Waals surface area (Å²) in [6.45, 7) is 5.87. The van der Waals surface area contributed by atoms with Gasteiger partial charge in [-0.25, -0.2) is 0 Å². The lowest BCUT2D eigenvalue weighted by Gasteiger charge is -2.39. The van der Waals surface area contributed by atoms with Gasteiger partial charge in [0.05, 0.1) is 0 Å². The molecule has 0 saturated heterocycles. The maximum Gasteiger partial charge on any atom is 0.313 e. The zero-order valence-corrected chi connectivity index (χ0v) is 18.4. The summed E-state index contributed by atoms with van der Waals surface area (Å²) in [5.74, 6) is -0.265. The van der Waals surface area contributed by atoms with Crippen LogP contribution in [0.3, 0.4) is 0 Å². The molecule has 3 aromatic rings. The van der Waals surface area contributed by atoms with Crippen LogP contribution < -0.4 is 0 Å². The quantitative estimate of drug-likeness (QED) is 0.391. The van der Waals surface area contributed by atoms with E-state index in [1.165, 1.54) is 18.1 Å². The van der Waals surface area contributed by atoms with E-state index in [9.17, 15) is 4.79 Å². The van der Waals surface area contributed by atoms with E-state index in [0.717, 1.165) is 40.4 Å². The molecule has 0 spiro atoms. The summed E-state index contributed by atoms with van der Waals surface area (Å²) < 4.78 is 6.24. The molecular formula is C26H30O2S. The molecule has 0 amide bonds. The van der Waals surface area contributed by atoms with E-state index in [-0.39, 0.29) is 5.97 Å². The highest BCUT2D eigenvalue weighted by Gasteiger charge is 2.34. The summed E-state index contributed by atoms with van der Waals surface area (Å²) >= 11 is 0. The van der Waals surface area contributed by atoms with Crippen molar-refractivity contribution >= 4 is 16.3 Å². The van der Waals surface area contributed by atoms with Gasteiger partial charge in [-0.15, -0.1) is 0 Å². The summed E-state index contributed by atoms with van der Waals surface area (Å²) in [5, 5.41) is 0. The highest BCUT2D eigenvalue weighted by Crippen LogP contribution is 2.69. The molecule has 0 unspecified atom stereocenters. The van der Waals surface area contributed by atoms with Crippen LogP contribution in [0.1, 0.15) is 44.7 Å². The van der Waals surface area contributed by atoms with Gasteiger partial charge in [0.2, 0.25) is 0 Å². The molecule has 0 atom stereocenters. The van der Waals surface area contributed by atoms with E-state index in [1.54, 1.807) is 0 Å². The third-order valence-corrected chi connectivity index (χ3v) is 8.20. The third kappa shape index (κ3) is 4.73. The fraction of sp³-hybridized carbons (Fsp3) is 0.269. The zero-order valence-electron chi connectivity index (χ0n) is 17.6. The highest BCUT2D eigenvalue weighted by atomic mass is 32.3. The molecule has 0 heterocycles. The average Bonchev–Trinajstić information content (AvgIpc) is 2.74. The highest BCUT2D eigenvalue weighted by molar-refractivity contribution is 8.30. The van der Waals surface area contributed by atoms with E-state index in [0.29, 0.717) is 0 Å². The monoisotopic (exact) mass is 406 g/mol. The van der Waals surface area contributed by atoms with Crippen LogP contribution in [0.4, 0.5) is 0 Å². The number of rotatable bonds is 8. The molecule has 0 aromatic heterocycles. The number of aryl methyl sites for hydroxylation is 2. The SMILES string of the molecule is CCCc1ccc(S(OC(C)=O)(c2ccccc2)c2ccc(CCC)cc2)cc1. The Hall–Kier alpha value is -2.52. The summed E-state index contributed by atoms with van der Waals surface area (Å²) in [6.07, 6.45) is 4.32. The van der Waals surface area contributed by atoms with Crippen molar-refractivity contribution in [1.29, 1.82) is 0 Å². The maximum atomic E-state index is 12.3. The van der Waals surface area contributed by atoms with Crippen molar-refractivity contribution in [3.8, 4) is 0 Å². The second-order valence-corrected chi connectivity index (χ2v) is 9.93. The summed E-state index contributed by atoms with van der Waals surface area (Å²) in [5.41, 5.74) is 2.61. The van der Waals surface area contributed by atoms with Crippen LogP contribution in [0.25, 0.3) is 0 Å². The second-order valence-electron chi connectivity index (χ2n) is 7.23. The van der Waals surface area contributed by atoms with Gasteiger partial charge in [0.25, 0.3) is 0 Å². The fourth-order valence-corrected chi connectivity index (χ4v) is 6.65. The molecule has 0 fully saturated rings. The molecule has 3 aromatic carbocycles. The maximum absolute atomic E-state index is 12.3. The van der Waals surface area contributed by atoms with Crippen molar-refractivity contribution in [2.24, 2.45) is 0 Å². The van der Waals surface area contributed by atoms with Crippen LogP contribution in [0.15, 0.2) is 93.5 Å². The number of benzene rings is 3. The summed E-state index contributed by atoms with van der Waals surface area (Å²) in [7, 11) is -2.14. The Labute approximate surface area is 176 Å². The molecule has 29 heavy (non-hydrogen) atoms. The topological polar surface area (TPSA) is 26.3 Å². The van der Waals surface area contributed by atoms with Crippen LogP contribution in [-0.4, -0.2) is 5.97 Å². The van der Waals surface area contributed by atoms with Gasteiger partial charge in [-0.1, -0.05) is 69.2 Å². The molecule has 3 heteroatoms. The molecule has 0 radical (unpaired) electrons. The first-order valence-corrected chi connectivity index (χ1v) is 11.9. The lowest BCUT2D eigenvalue weighted by Crippen LogP contribution is -2.11. The van der Waals surface area contributed by atoms with Gasteiger partial charge in [0.1, 0.15) is 0 Å². The first kappa shape index (κ1) is 21.2. The Bertz CT molecular complexity index is 866. The molecule has 2 nitrogen and oxygen atoms in total. The number of hydrogen-bond donors (Lipinski definition) is 0. The van der Waals surface area contributed by atoms with Gasteiger partial charge in [0.15, 0.2) is 0 Å². The van der Waals surface area contributed by atoms with E-state index >= 15 is 0 Å². The average molecular weight is 407 g/mol.